The maximum atomic E-state index is 14.9. The zero-order valence-corrected chi connectivity index (χ0v) is 17.4. The molecule has 0 saturated carbocycles. The Morgan fingerprint density at radius 1 is 1.24 bits per heavy atom. The molecular formula is C21H20F4N4O4. The number of carbonyl (C=O) groups is 1. The molecule has 3 N–H and O–H groups in total. The van der Waals surface area contributed by atoms with E-state index in [0.29, 0.717) is 0 Å². The monoisotopic (exact) mass is 468 g/mol. The van der Waals surface area contributed by atoms with Crippen LogP contribution in [0.15, 0.2) is 41.5 Å². The summed E-state index contributed by atoms with van der Waals surface area (Å²) in [6, 6.07) is 6.35. The zero-order chi connectivity index (χ0) is 23.9. The number of aliphatic imine (C=N–C) groups is 1. The highest BCUT2D eigenvalue weighted by Crippen LogP contribution is 2.51. The number of hydrogen-bond donors (Lipinski definition) is 2. The van der Waals surface area contributed by atoms with Crippen molar-refractivity contribution in [3.05, 3.63) is 53.6 Å². The van der Waals surface area contributed by atoms with Gasteiger partial charge in [-0.25, -0.2) is 14.4 Å². The molecule has 1 aromatic carbocycles. The number of nitrogens with two attached hydrogens (primary N) is 1. The van der Waals surface area contributed by atoms with Gasteiger partial charge in [0.2, 0.25) is 0 Å². The number of halogens is 4. The first kappa shape index (κ1) is 22.8. The van der Waals surface area contributed by atoms with Crippen LogP contribution in [0.2, 0.25) is 0 Å². The third-order valence-corrected chi connectivity index (χ3v) is 5.61. The van der Waals surface area contributed by atoms with Crippen LogP contribution in [0, 0.1) is 11.2 Å². The Morgan fingerprint density at radius 3 is 2.73 bits per heavy atom. The Kier molecular flexibility index (Phi) is 5.64. The van der Waals surface area contributed by atoms with Gasteiger partial charge in [0, 0.05) is 11.3 Å². The van der Waals surface area contributed by atoms with Crippen molar-refractivity contribution in [2.24, 2.45) is 16.1 Å². The lowest BCUT2D eigenvalue weighted by molar-refractivity contribution is -0.153. The summed E-state index contributed by atoms with van der Waals surface area (Å²) in [7, 11) is 0. The molecule has 1 fully saturated rings. The number of amides is 1. The number of anilines is 1. The highest BCUT2D eigenvalue weighted by atomic mass is 19.4. The topological polar surface area (TPSA) is 108 Å². The highest BCUT2D eigenvalue weighted by molar-refractivity contribution is 6.02. The second-order valence-electron chi connectivity index (χ2n) is 8.08. The first-order valence-corrected chi connectivity index (χ1v) is 9.84. The lowest BCUT2D eigenvalue weighted by Gasteiger charge is -2.42. The van der Waals surface area contributed by atoms with Crippen molar-refractivity contribution >= 4 is 17.6 Å². The van der Waals surface area contributed by atoms with Crippen molar-refractivity contribution in [3.63, 3.8) is 0 Å². The molecule has 1 amide bonds. The Balaban J connectivity index is 1.55. The van der Waals surface area contributed by atoms with Crippen molar-refractivity contribution in [2.45, 2.75) is 18.6 Å². The number of rotatable bonds is 5. The van der Waals surface area contributed by atoms with Gasteiger partial charge in [-0.2, -0.15) is 13.2 Å². The minimum Gasteiger partial charge on any atom is -0.483 e. The summed E-state index contributed by atoms with van der Waals surface area (Å²) in [5, 5.41) is 2.60. The average molecular weight is 468 g/mol. The predicted molar refractivity (Wildman–Crippen MR) is 108 cm³/mol. The smallest absolute Gasteiger partial charge is 0.422 e. The molecule has 0 bridgehead atoms. The van der Waals surface area contributed by atoms with Gasteiger partial charge < -0.3 is 25.3 Å². The summed E-state index contributed by atoms with van der Waals surface area (Å²) in [4.78, 5) is 20.8. The molecule has 1 saturated heterocycles. The number of amidine groups is 1. The number of nitrogens with zero attached hydrogens (tertiary/aromatic N) is 2. The van der Waals surface area contributed by atoms with E-state index in [0.717, 1.165) is 6.20 Å². The summed E-state index contributed by atoms with van der Waals surface area (Å²) in [5.41, 5.74) is 4.36. The molecule has 2 aliphatic heterocycles. The van der Waals surface area contributed by atoms with Crippen LogP contribution < -0.4 is 15.8 Å². The van der Waals surface area contributed by atoms with E-state index < -0.39 is 35.5 Å². The molecule has 33 heavy (non-hydrogen) atoms. The van der Waals surface area contributed by atoms with E-state index in [1.807, 2.05) is 6.92 Å². The van der Waals surface area contributed by atoms with E-state index in [1.54, 1.807) is 0 Å². The SMILES string of the molecule is CC12COCC1(c1cc(NC(=O)c3ccc(OCC(F)(F)F)cn3)ccc1F)N=C(N)OC2. The molecule has 8 nitrogen and oxygen atoms in total. The van der Waals surface area contributed by atoms with Gasteiger partial charge in [0.1, 0.15) is 29.4 Å². The summed E-state index contributed by atoms with van der Waals surface area (Å²) in [6.45, 7) is 0.939. The molecule has 2 aromatic rings. The minimum atomic E-state index is -4.49. The third-order valence-electron chi connectivity index (χ3n) is 5.61. The van der Waals surface area contributed by atoms with Gasteiger partial charge in [-0.1, -0.05) is 6.92 Å². The zero-order valence-electron chi connectivity index (χ0n) is 17.4. The predicted octanol–water partition coefficient (Wildman–Crippen LogP) is 2.99. The van der Waals surface area contributed by atoms with Crippen LogP contribution in [-0.2, 0) is 15.0 Å². The van der Waals surface area contributed by atoms with Gasteiger partial charge in [-0.3, -0.25) is 4.79 Å². The van der Waals surface area contributed by atoms with Crippen LogP contribution in [0.1, 0.15) is 23.0 Å². The van der Waals surface area contributed by atoms with Crippen LogP contribution in [0.4, 0.5) is 23.2 Å². The first-order chi connectivity index (χ1) is 15.5. The minimum absolute atomic E-state index is 0.0687. The normalized spacial score (nSPS) is 24.5. The fourth-order valence-electron chi connectivity index (χ4n) is 3.84. The van der Waals surface area contributed by atoms with Gasteiger partial charge in [0.25, 0.3) is 11.9 Å². The largest absolute Gasteiger partial charge is 0.483 e. The number of aromatic nitrogens is 1. The average Bonchev–Trinajstić information content (AvgIpc) is 3.10. The number of carbonyl (C=O) groups excluding carboxylic acids is 1. The van der Waals surface area contributed by atoms with E-state index in [1.165, 1.54) is 30.3 Å². The molecule has 0 spiro atoms. The molecule has 12 heteroatoms. The number of pyridine rings is 1. The molecule has 2 aliphatic rings. The van der Waals surface area contributed by atoms with Gasteiger partial charge in [0.05, 0.1) is 24.8 Å². The lowest BCUT2D eigenvalue weighted by Crippen LogP contribution is -2.50. The maximum Gasteiger partial charge on any atom is 0.422 e. The first-order valence-electron chi connectivity index (χ1n) is 9.84. The van der Waals surface area contributed by atoms with E-state index in [2.05, 4.69) is 20.0 Å². The molecule has 1 aromatic heterocycles. The molecule has 4 rings (SSSR count). The van der Waals surface area contributed by atoms with Crippen LogP contribution in [0.25, 0.3) is 0 Å². The highest BCUT2D eigenvalue weighted by Gasteiger charge is 2.58. The second kappa shape index (κ2) is 8.18. The standard InChI is InChI=1S/C21H20F4N4O4/c1-19-8-31-10-20(19,29-18(26)33-9-19)14-6-12(2-4-15(14)22)28-17(30)16-5-3-13(7-27-16)32-11-21(23,24)25/h2-7H,8-11H2,1H3,(H2,26,29)(H,28,30). The van der Waals surface area contributed by atoms with Crippen LogP contribution >= 0.6 is 0 Å². The van der Waals surface area contributed by atoms with Crippen LogP contribution in [-0.4, -0.2) is 49.5 Å². The molecule has 0 aliphatic carbocycles. The van der Waals surface area contributed by atoms with Crippen molar-refractivity contribution in [3.8, 4) is 5.75 Å². The van der Waals surface area contributed by atoms with Gasteiger partial charge >= 0.3 is 6.18 Å². The fraction of sp³-hybridized carbons (Fsp3) is 0.381. The van der Waals surface area contributed by atoms with Crippen molar-refractivity contribution in [2.75, 3.05) is 31.7 Å². The Labute approximate surface area is 185 Å². The van der Waals surface area contributed by atoms with Gasteiger partial charge in [-0.05, 0) is 30.3 Å². The van der Waals surface area contributed by atoms with Crippen molar-refractivity contribution in [1.29, 1.82) is 0 Å². The summed E-state index contributed by atoms with van der Waals surface area (Å²) >= 11 is 0. The number of nitrogens with one attached hydrogen (secondary N) is 1. The lowest BCUT2D eigenvalue weighted by atomic mass is 9.69. The molecule has 2 unspecified atom stereocenters. The summed E-state index contributed by atoms with van der Waals surface area (Å²) in [5.74, 6) is -1.33. The number of hydrogen-bond acceptors (Lipinski definition) is 7. The molecule has 176 valence electrons. The quantitative estimate of drug-likeness (QED) is 0.654. The van der Waals surface area contributed by atoms with Gasteiger partial charge in [-0.15, -0.1) is 0 Å². The molecule has 0 radical (unpaired) electrons. The molecule has 3 heterocycles. The number of benzene rings is 1. The number of fused-ring (bicyclic) bond motifs is 1. The van der Waals surface area contributed by atoms with E-state index in [-0.39, 0.29) is 48.5 Å². The Morgan fingerprint density at radius 2 is 2.03 bits per heavy atom. The Bertz CT molecular complexity index is 1090. The summed E-state index contributed by atoms with van der Waals surface area (Å²) < 4.78 is 67.2. The maximum absolute atomic E-state index is 14.9. The molecular weight excluding hydrogens is 448 g/mol. The second-order valence-corrected chi connectivity index (χ2v) is 8.08. The van der Waals surface area contributed by atoms with E-state index >= 15 is 0 Å². The van der Waals surface area contributed by atoms with Crippen LogP contribution in [0.3, 0.4) is 0 Å². The third kappa shape index (κ3) is 4.42. The Hall–Kier alpha value is -3.41. The van der Waals surface area contributed by atoms with E-state index in [9.17, 15) is 22.4 Å². The summed E-state index contributed by atoms with van der Waals surface area (Å²) in [6.07, 6.45) is -3.48. The van der Waals surface area contributed by atoms with E-state index in [4.69, 9.17) is 15.2 Å². The van der Waals surface area contributed by atoms with Crippen molar-refractivity contribution in [1.82, 2.24) is 4.98 Å². The number of alkyl halides is 3. The fourth-order valence-corrected chi connectivity index (χ4v) is 3.84. The van der Waals surface area contributed by atoms with Crippen molar-refractivity contribution < 1.29 is 36.6 Å². The van der Waals surface area contributed by atoms with Gasteiger partial charge in [0.15, 0.2) is 6.61 Å². The van der Waals surface area contributed by atoms with Crippen LogP contribution in [0.5, 0.6) is 5.75 Å². The number of ether oxygens (including phenoxy) is 3. The molecule has 2 atom stereocenters.